The molecular formula is C8H18N2O2. The second kappa shape index (κ2) is 4.95. The Bertz CT molecular complexity index is 124. The third kappa shape index (κ3) is 22.9. The highest BCUT2D eigenvalue weighted by Crippen LogP contribution is 2.03. The molecule has 0 saturated carbocycles. The lowest BCUT2D eigenvalue weighted by Gasteiger charge is -2.01. The van der Waals surface area contributed by atoms with Gasteiger partial charge in [-0.05, 0) is 41.5 Å². The van der Waals surface area contributed by atoms with Gasteiger partial charge in [-0.25, -0.2) is 0 Å². The molecule has 0 aromatic carbocycles. The fourth-order valence-corrected chi connectivity index (χ4v) is 0. The van der Waals surface area contributed by atoms with E-state index in [1.807, 2.05) is 0 Å². The maximum atomic E-state index is 9.58. The smallest absolute Gasteiger partial charge is 0.0942 e. The molecule has 0 aromatic heterocycles. The largest absolute Gasteiger partial charge is 0.150 e. The molecule has 0 aromatic rings. The van der Waals surface area contributed by atoms with Gasteiger partial charge in [-0.2, -0.15) is 9.81 Å². The summed E-state index contributed by atoms with van der Waals surface area (Å²) in [6, 6.07) is 0. The number of nitroso groups, excluding NO2 is 2. The van der Waals surface area contributed by atoms with Gasteiger partial charge in [0, 0.05) is 0 Å². The molecular weight excluding hydrogens is 156 g/mol. The Morgan fingerprint density at radius 2 is 0.750 bits per heavy atom. The second-order valence-electron chi connectivity index (χ2n) is 4.52. The number of rotatable bonds is 0. The summed E-state index contributed by atoms with van der Waals surface area (Å²) in [4.78, 5) is 19.2. The molecule has 0 heterocycles. The maximum Gasteiger partial charge on any atom is 0.0942 e. The first kappa shape index (κ1) is 13.8. The summed E-state index contributed by atoms with van der Waals surface area (Å²) in [5.74, 6) is 0. The molecule has 0 unspecified atom stereocenters. The minimum absolute atomic E-state index is 0.389. The lowest BCUT2D eigenvalue weighted by Crippen LogP contribution is -2.06. The molecule has 0 aliphatic carbocycles. The van der Waals surface area contributed by atoms with Crippen LogP contribution in [-0.2, 0) is 0 Å². The molecule has 0 saturated heterocycles. The van der Waals surface area contributed by atoms with Gasteiger partial charge < -0.3 is 0 Å². The van der Waals surface area contributed by atoms with E-state index in [9.17, 15) is 9.81 Å². The normalized spacial score (nSPS) is 11.2. The van der Waals surface area contributed by atoms with Crippen LogP contribution >= 0.6 is 0 Å². The Morgan fingerprint density at radius 3 is 0.750 bits per heavy atom. The van der Waals surface area contributed by atoms with E-state index in [0.717, 1.165) is 0 Å². The summed E-state index contributed by atoms with van der Waals surface area (Å²) in [5, 5.41) is 5.54. The Labute approximate surface area is 73.7 Å². The summed E-state index contributed by atoms with van der Waals surface area (Å²) in [6.45, 7) is 10.6. The van der Waals surface area contributed by atoms with Crippen molar-refractivity contribution >= 4 is 0 Å². The van der Waals surface area contributed by atoms with Crippen molar-refractivity contribution in [3.63, 3.8) is 0 Å². The van der Waals surface area contributed by atoms with E-state index in [-0.39, 0.29) is 11.1 Å². The van der Waals surface area contributed by atoms with Crippen molar-refractivity contribution in [2.24, 2.45) is 10.4 Å². The van der Waals surface area contributed by atoms with Gasteiger partial charge in [0.25, 0.3) is 0 Å². The van der Waals surface area contributed by atoms with E-state index in [1.165, 1.54) is 0 Å². The van der Waals surface area contributed by atoms with Crippen LogP contribution in [-0.4, -0.2) is 11.1 Å². The van der Waals surface area contributed by atoms with Gasteiger partial charge in [0.2, 0.25) is 0 Å². The first-order valence-corrected chi connectivity index (χ1v) is 3.81. The predicted molar refractivity (Wildman–Crippen MR) is 51.1 cm³/mol. The van der Waals surface area contributed by atoms with Crippen LogP contribution in [0.4, 0.5) is 0 Å². The SMILES string of the molecule is CC(C)(C)N=O.CC(C)(C)N=O. The quantitative estimate of drug-likeness (QED) is 0.530. The summed E-state index contributed by atoms with van der Waals surface area (Å²) in [5.41, 5.74) is -0.778. The van der Waals surface area contributed by atoms with Crippen LogP contribution in [0.25, 0.3) is 0 Å². The zero-order valence-corrected chi connectivity index (χ0v) is 8.71. The van der Waals surface area contributed by atoms with Crippen molar-refractivity contribution in [1.29, 1.82) is 0 Å². The average molecular weight is 174 g/mol. The van der Waals surface area contributed by atoms with Crippen LogP contribution in [0.1, 0.15) is 41.5 Å². The fourth-order valence-electron chi connectivity index (χ4n) is 0. The van der Waals surface area contributed by atoms with Gasteiger partial charge in [-0.15, -0.1) is 0 Å². The lowest BCUT2D eigenvalue weighted by atomic mass is 10.1. The van der Waals surface area contributed by atoms with Crippen LogP contribution in [0.5, 0.6) is 0 Å². The zero-order valence-electron chi connectivity index (χ0n) is 8.71. The minimum atomic E-state index is -0.389. The number of hydrogen-bond donors (Lipinski definition) is 0. The van der Waals surface area contributed by atoms with Crippen molar-refractivity contribution in [3.05, 3.63) is 9.81 Å². The molecule has 72 valence electrons. The van der Waals surface area contributed by atoms with Crippen LogP contribution < -0.4 is 0 Å². The Kier molecular flexibility index (Phi) is 5.68. The minimum Gasteiger partial charge on any atom is -0.150 e. The summed E-state index contributed by atoms with van der Waals surface area (Å²) < 4.78 is 0. The molecule has 0 amide bonds. The van der Waals surface area contributed by atoms with Gasteiger partial charge >= 0.3 is 0 Å². The molecule has 0 aliphatic heterocycles. The summed E-state index contributed by atoms with van der Waals surface area (Å²) in [7, 11) is 0. The van der Waals surface area contributed by atoms with Crippen molar-refractivity contribution < 1.29 is 0 Å². The predicted octanol–water partition coefficient (Wildman–Crippen LogP) is 3.10. The molecule has 0 rings (SSSR count). The number of hydrogen-bond acceptors (Lipinski definition) is 4. The van der Waals surface area contributed by atoms with E-state index in [0.29, 0.717) is 0 Å². The lowest BCUT2D eigenvalue weighted by molar-refractivity contribution is 0.577. The fraction of sp³-hybridized carbons (Fsp3) is 1.00. The molecule has 4 nitrogen and oxygen atoms in total. The zero-order chi connectivity index (χ0) is 10.4. The van der Waals surface area contributed by atoms with Crippen LogP contribution in [0.3, 0.4) is 0 Å². The van der Waals surface area contributed by atoms with Gasteiger partial charge in [0.05, 0.1) is 11.1 Å². The van der Waals surface area contributed by atoms with Gasteiger partial charge in [-0.1, -0.05) is 10.4 Å². The summed E-state index contributed by atoms with van der Waals surface area (Å²) >= 11 is 0. The van der Waals surface area contributed by atoms with Gasteiger partial charge in [0.15, 0.2) is 0 Å². The highest BCUT2D eigenvalue weighted by Gasteiger charge is 2.06. The molecule has 0 radical (unpaired) electrons. The Balaban J connectivity index is 0. The maximum absolute atomic E-state index is 9.58. The average Bonchev–Trinajstić information content (AvgIpc) is 1.86. The van der Waals surface area contributed by atoms with Crippen molar-refractivity contribution in [2.75, 3.05) is 0 Å². The van der Waals surface area contributed by atoms with Crippen LogP contribution in [0.15, 0.2) is 10.4 Å². The Hall–Kier alpha value is -0.800. The molecule has 12 heavy (non-hydrogen) atoms. The second-order valence-corrected chi connectivity index (χ2v) is 4.52. The van der Waals surface area contributed by atoms with Gasteiger partial charge in [0.1, 0.15) is 0 Å². The van der Waals surface area contributed by atoms with Crippen LogP contribution in [0.2, 0.25) is 0 Å². The first-order valence-electron chi connectivity index (χ1n) is 3.81. The van der Waals surface area contributed by atoms with E-state index in [4.69, 9.17) is 0 Å². The van der Waals surface area contributed by atoms with Crippen molar-refractivity contribution in [1.82, 2.24) is 0 Å². The van der Waals surface area contributed by atoms with E-state index in [1.54, 1.807) is 41.5 Å². The highest BCUT2D eigenvalue weighted by atomic mass is 16.3. The molecule has 4 heteroatoms. The topological polar surface area (TPSA) is 58.9 Å². The standard InChI is InChI=1S/2C4H9NO/c2*1-4(2,3)5-6/h2*1-3H3. The molecule has 0 spiro atoms. The molecule has 0 fully saturated rings. The first-order chi connectivity index (χ1) is 5.12. The van der Waals surface area contributed by atoms with Crippen molar-refractivity contribution in [3.8, 4) is 0 Å². The molecule has 0 atom stereocenters. The molecule has 0 N–H and O–H groups in total. The third-order valence-electron chi connectivity index (χ3n) is 0.548. The molecule has 0 bridgehead atoms. The third-order valence-corrected chi connectivity index (χ3v) is 0.548. The monoisotopic (exact) mass is 174 g/mol. The highest BCUT2D eigenvalue weighted by molar-refractivity contribution is 4.67. The van der Waals surface area contributed by atoms with E-state index in [2.05, 4.69) is 10.4 Å². The van der Waals surface area contributed by atoms with Crippen LogP contribution in [0, 0.1) is 9.81 Å². The van der Waals surface area contributed by atoms with Gasteiger partial charge in [-0.3, -0.25) is 0 Å². The van der Waals surface area contributed by atoms with Crippen molar-refractivity contribution in [2.45, 2.75) is 52.6 Å². The number of nitrogens with zero attached hydrogens (tertiary/aromatic N) is 2. The van der Waals surface area contributed by atoms with E-state index >= 15 is 0 Å². The van der Waals surface area contributed by atoms with E-state index < -0.39 is 0 Å². The molecule has 0 aliphatic rings. The summed E-state index contributed by atoms with van der Waals surface area (Å²) in [6.07, 6.45) is 0. The Morgan fingerprint density at radius 1 is 0.667 bits per heavy atom.